The molecule has 0 aliphatic rings. The predicted octanol–water partition coefficient (Wildman–Crippen LogP) is 7.61. The molecule has 0 saturated heterocycles. The van der Waals surface area contributed by atoms with Crippen molar-refractivity contribution in [3.05, 3.63) is 108 Å². The lowest BCUT2D eigenvalue weighted by atomic mass is 9.83. The number of ether oxygens (including phenoxy) is 1. The van der Waals surface area contributed by atoms with E-state index < -0.39 is 0 Å². The zero-order chi connectivity index (χ0) is 23.9. The zero-order valence-corrected chi connectivity index (χ0v) is 19.4. The Morgan fingerprint density at radius 1 is 0.882 bits per heavy atom. The van der Waals surface area contributed by atoms with Crippen LogP contribution >= 0.6 is 0 Å². The van der Waals surface area contributed by atoms with Crippen molar-refractivity contribution < 1.29 is 13.9 Å². The Bertz CT molecular complexity index is 1230. The molecule has 4 aromatic carbocycles. The molecule has 0 aromatic heterocycles. The molecular formula is C30H30FNO2. The molecule has 0 unspecified atom stereocenters. The van der Waals surface area contributed by atoms with Gasteiger partial charge in [0.1, 0.15) is 23.5 Å². The van der Waals surface area contributed by atoms with Crippen molar-refractivity contribution in [3.63, 3.8) is 0 Å². The van der Waals surface area contributed by atoms with Crippen molar-refractivity contribution >= 4 is 22.2 Å². The first-order valence-electron chi connectivity index (χ1n) is 11.8. The highest BCUT2D eigenvalue weighted by Crippen LogP contribution is 2.41. The normalized spacial score (nSPS) is 12.9. The Morgan fingerprint density at radius 2 is 1.59 bits per heavy atom. The number of ketones is 1. The van der Waals surface area contributed by atoms with Gasteiger partial charge in [-0.3, -0.25) is 0 Å². The van der Waals surface area contributed by atoms with Gasteiger partial charge >= 0.3 is 0 Å². The molecule has 4 heteroatoms. The number of Topliss-reactive ketones (excluding diaryl/α,β-unsaturated/α-hetero) is 1. The summed E-state index contributed by atoms with van der Waals surface area (Å²) < 4.78 is 20.5. The minimum atomic E-state index is -0.308. The highest BCUT2D eigenvalue weighted by Gasteiger charge is 2.28. The van der Waals surface area contributed by atoms with E-state index in [1.165, 1.54) is 12.1 Å². The summed E-state index contributed by atoms with van der Waals surface area (Å²) in [4.78, 5) is 11.5. The summed E-state index contributed by atoms with van der Waals surface area (Å²) in [5, 5.41) is 2.27. The van der Waals surface area contributed by atoms with E-state index in [0.29, 0.717) is 12.1 Å². The number of rotatable bonds is 10. The molecule has 3 nitrogen and oxygen atoms in total. The fourth-order valence-corrected chi connectivity index (χ4v) is 4.49. The Morgan fingerprint density at radius 3 is 2.32 bits per heavy atom. The van der Waals surface area contributed by atoms with Crippen molar-refractivity contribution in [2.75, 3.05) is 5.73 Å². The number of carbonyl (C=O) groups is 1. The molecule has 4 rings (SSSR count). The van der Waals surface area contributed by atoms with E-state index in [9.17, 15) is 9.18 Å². The van der Waals surface area contributed by atoms with Crippen molar-refractivity contribution in [1.29, 1.82) is 0 Å². The summed E-state index contributed by atoms with van der Waals surface area (Å²) in [6, 6.07) is 28.6. The number of fused-ring (bicyclic) bond motifs is 1. The van der Waals surface area contributed by atoms with Crippen LogP contribution in [-0.2, 0) is 4.79 Å². The van der Waals surface area contributed by atoms with Gasteiger partial charge in [0.15, 0.2) is 0 Å². The van der Waals surface area contributed by atoms with E-state index in [1.54, 1.807) is 6.92 Å². The molecule has 0 aliphatic heterocycles. The number of nitrogen functional groups attached to an aromatic ring is 1. The van der Waals surface area contributed by atoms with Gasteiger partial charge in [-0.25, -0.2) is 4.39 Å². The Labute approximate surface area is 200 Å². The van der Waals surface area contributed by atoms with Gasteiger partial charge in [0, 0.05) is 23.6 Å². The van der Waals surface area contributed by atoms with Crippen LogP contribution in [0.25, 0.3) is 10.8 Å². The molecule has 0 radical (unpaired) electrons. The summed E-state index contributed by atoms with van der Waals surface area (Å²) in [6.07, 6.45) is 2.75. The molecule has 2 N–H and O–H groups in total. The van der Waals surface area contributed by atoms with Crippen LogP contribution < -0.4 is 10.5 Å². The maximum atomic E-state index is 13.8. The average molecular weight is 456 g/mol. The summed E-state index contributed by atoms with van der Waals surface area (Å²) in [6.45, 7) is 1.63. The first kappa shape index (κ1) is 23.5. The Kier molecular flexibility index (Phi) is 7.58. The maximum absolute atomic E-state index is 13.8. The summed E-state index contributed by atoms with van der Waals surface area (Å²) in [5.41, 5.74) is 8.66. The first-order chi connectivity index (χ1) is 16.5. The summed E-state index contributed by atoms with van der Waals surface area (Å²) in [7, 11) is 0. The van der Waals surface area contributed by atoms with Gasteiger partial charge in [0.25, 0.3) is 0 Å². The zero-order valence-electron chi connectivity index (χ0n) is 19.4. The van der Waals surface area contributed by atoms with Gasteiger partial charge in [-0.05, 0) is 72.5 Å². The Hall–Kier alpha value is -3.66. The molecule has 174 valence electrons. The third-order valence-corrected chi connectivity index (χ3v) is 6.23. The van der Waals surface area contributed by atoms with Crippen LogP contribution in [0.15, 0.2) is 91.0 Å². The fourth-order valence-electron chi connectivity index (χ4n) is 4.49. The molecule has 0 bridgehead atoms. The van der Waals surface area contributed by atoms with Gasteiger partial charge in [-0.2, -0.15) is 0 Å². The second-order valence-electron chi connectivity index (χ2n) is 8.78. The molecule has 0 fully saturated rings. The van der Waals surface area contributed by atoms with E-state index in [4.69, 9.17) is 10.5 Å². The van der Waals surface area contributed by atoms with Crippen LogP contribution in [0, 0.1) is 5.82 Å². The maximum Gasteiger partial charge on any atom is 0.131 e. The molecule has 0 heterocycles. The summed E-state index contributed by atoms with van der Waals surface area (Å²) >= 11 is 0. The van der Waals surface area contributed by atoms with Gasteiger partial charge in [0.2, 0.25) is 0 Å². The van der Waals surface area contributed by atoms with Gasteiger partial charge in [-0.15, -0.1) is 0 Å². The molecule has 2 atom stereocenters. The molecule has 0 spiro atoms. The van der Waals surface area contributed by atoms with Crippen LogP contribution in [0.3, 0.4) is 0 Å². The molecule has 0 saturated carbocycles. The number of unbranched alkanes of at least 4 members (excludes halogenated alkanes) is 1. The molecule has 34 heavy (non-hydrogen) atoms. The third-order valence-electron chi connectivity index (χ3n) is 6.23. The number of hydrogen-bond donors (Lipinski definition) is 1. The second kappa shape index (κ2) is 11.0. The minimum absolute atomic E-state index is 0.0316. The number of hydrogen-bond acceptors (Lipinski definition) is 3. The van der Waals surface area contributed by atoms with Gasteiger partial charge in [-0.1, -0.05) is 61.0 Å². The SMILES string of the molecule is CC(=O)CCCC[C@H](c1ccc(F)cc1)[C@H](Oc1ccc(N)cc1)c1cccc2ccccc12. The first-order valence-corrected chi connectivity index (χ1v) is 11.8. The number of halogens is 1. The quantitative estimate of drug-likeness (QED) is 0.198. The number of benzene rings is 4. The van der Waals surface area contributed by atoms with Crippen LogP contribution in [0.1, 0.15) is 55.8 Å². The van der Waals surface area contributed by atoms with Crippen molar-refractivity contribution in [3.8, 4) is 5.75 Å². The average Bonchev–Trinajstić information content (AvgIpc) is 2.84. The third kappa shape index (κ3) is 5.82. The van der Waals surface area contributed by atoms with Crippen molar-refractivity contribution in [1.82, 2.24) is 0 Å². The highest BCUT2D eigenvalue weighted by molar-refractivity contribution is 5.86. The lowest BCUT2D eigenvalue weighted by Gasteiger charge is -2.30. The van der Waals surface area contributed by atoms with E-state index in [1.807, 2.05) is 48.5 Å². The van der Waals surface area contributed by atoms with Crippen molar-refractivity contribution in [2.45, 2.75) is 44.6 Å². The highest BCUT2D eigenvalue weighted by atomic mass is 19.1. The van der Waals surface area contributed by atoms with E-state index in [2.05, 4.69) is 30.3 Å². The van der Waals surface area contributed by atoms with E-state index in [-0.39, 0.29) is 23.6 Å². The smallest absolute Gasteiger partial charge is 0.131 e. The van der Waals surface area contributed by atoms with Gasteiger partial charge < -0.3 is 15.3 Å². The number of nitrogens with two attached hydrogens (primary N) is 1. The number of carbonyl (C=O) groups excluding carboxylic acids is 1. The fraction of sp³-hybridized carbons (Fsp3) is 0.233. The van der Waals surface area contributed by atoms with Crippen LogP contribution in [0.4, 0.5) is 10.1 Å². The molecular weight excluding hydrogens is 425 g/mol. The van der Waals surface area contributed by atoms with Gasteiger partial charge in [0.05, 0.1) is 0 Å². The monoisotopic (exact) mass is 455 g/mol. The lowest BCUT2D eigenvalue weighted by molar-refractivity contribution is -0.117. The molecule has 0 aliphatic carbocycles. The molecule has 4 aromatic rings. The number of anilines is 1. The summed E-state index contributed by atoms with van der Waals surface area (Å²) in [5.74, 6) is 0.626. The van der Waals surface area contributed by atoms with Crippen LogP contribution in [0.5, 0.6) is 5.75 Å². The standard InChI is InChI=1S/C30H30FNO2/c1-21(33)7-2-4-11-28(23-13-15-24(31)16-14-23)30(34-26-19-17-25(32)18-20-26)29-12-6-9-22-8-3-5-10-27(22)29/h3,5-6,8-10,12-20,28,30H,2,4,7,11,32H2,1H3/t28-,30+/m1/s1. The van der Waals surface area contributed by atoms with Crippen LogP contribution in [-0.4, -0.2) is 5.78 Å². The Balaban J connectivity index is 1.78. The predicted molar refractivity (Wildman–Crippen MR) is 136 cm³/mol. The topological polar surface area (TPSA) is 52.3 Å². The van der Waals surface area contributed by atoms with Crippen LogP contribution in [0.2, 0.25) is 0 Å². The minimum Gasteiger partial charge on any atom is -0.485 e. The van der Waals surface area contributed by atoms with E-state index >= 15 is 0 Å². The van der Waals surface area contributed by atoms with E-state index in [0.717, 1.165) is 46.9 Å². The molecule has 0 amide bonds. The largest absolute Gasteiger partial charge is 0.485 e. The second-order valence-corrected chi connectivity index (χ2v) is 8.78. The lowest BCUT2D eigenvalue weighted by Crippen LogP contribution is -2.18. The van der Waals surface area contributed by atoms with Crippen molar-refractivity contribution in [2.24, 2.45) is 0 Å².